The van der Waals surface area contributed by atoms with Gasteiger partial charge in [0.25, 0.3) is 11.5 Å². The van der Waals surface area contributed by atoms with Crippen molar-refractivity contribution < 1.29 is 9.59 Å². The molecule has 0 aromatic carbocycles. The van der Waals surface area contributed by atoms with Crippen LogP contribution in [0.5, 0.6) is 0 Å². The maximum absolute atomic E-state index is 12.6. The lowest BCUT2D eigenvalue weighted by Gasteiger charge is -2.24. The SMILES string of the molecule is CCCCn1nc(C(=O)N(CC)CC(=O)NC(C)(C)C)ccc1=O. The Morgan fingerprint density at radius 3 is 2.46 bits per heavy atom. The van der Waals surface area contributed by atoms with E-state index in [-0.39, 0.29) is 35.2 Å². The number of carbonyl (C=O) groups excluding carboxylic acids is 2. The number of likely N-dealkylation sites (N-methyl/N-ethyl adjacent to an activating group) is 1. The van der Waals surface area contributed by atoms with E-state index in [2.05, 4.69) is 10.4 Å². The van der Waals surface area contributed by atoms with Crippen molar-refractivity contribution in [1.82, 2.24) is 20.0 Å². The number of nitrogens with one attached hydrogen (secondary N) is 1. The standard InChI is InChI=1S/C17H28N4O3/c1-6-8-11-21-15(23)10-9-13(19-21)16(24)20(7-2)12-14(22)18-17(3,4)5/h9-10H,6-8,11-12H2,1-5H3,(H,18,22). The van der Waals surface area contributed by atoms with E-state index < -0.39 is 0 Å². The number of rotatable bonds is 7. The first-order valence-electron chi connectivity index (χ1n) is 8.36. The van der Waals surface area contributed by atoms with Gasteiger partial charge in [-0.25, -0.2) is 4.68 Å². The summed E-state index contributed by atoms with van der Waals surface area (Å²) >= 11 is 0. The Labute approximate surface area is 143 Å². The molecule has 1 rings (SSSR count). The summed E-state index contributed by atoms with van der Waals surface area (Å²) in [5.74, 6) is -0.580. The van der Waals surface area contributed by atoms with Crippen LogP contribution in [0.4, 0.5) is 0 Å². The maximum Gasteiger partial charge on any atom is 0.274 e. The molecular formula is C17H28N4O3. The highest BCUT2D eigenvalue weighted by molar-refractivity contribution is 5.94. The number of aromatic nitrogens is 2. The Balaban J connectivity index is 2.89. The van der Waals surface area contributed by atoms with E-state index in [0.29, 0.717) is 13.1 Å². The van der Waals surface area contributed by atoms with Crippen LogP contribution in [0.15, 0.2) is 16.9 Å². The zero-order valence-corrected chi connectivity index (χ0v) is 15.3. The van der Waals surface area contributed by atoms with Gasteiger partial charge in [-0.05, 0) is 40.2 Å². The van der Waals surface area contributed by atoms with Crippen LogP contribution in [0.25, 0.3) is 0 Å². The summed E-state index contributed by atoms with van der Waals surface area (Å²) in [4.78, 5) is 37.8. The highest BCUT2D eigenvalue weighted by Crippen LogP contribution is 2.03. The summed E-state index contributed by atoms with van der Waals surface area (Å²) in [6.45, 7) is 10.3. The zero-order valence-electron chi connectivity index (χ0n) is 15.3. The second kappa shape index (κ2) is 8.61. The lowest BCUT2D eigenvalue weighted by molar-refractivity contribution is -0.123. The fourth-order valence-electron chi connectivity index (χ4n) is 2.15. The summed E-state index contributed by atoms with van der Waals surface area (Å²) in [7, 11) is 0. The average molecular weight is 336 g/mol. The molecule has 1 aromatic heterocycles. The van der Waals surface area contributed by atoms with Crippen LogP contribution in [0, 0.1) is 0 Å². The Bertz CT molecular complexity index is 631. The third-order valence-corrected chi connectivity index (χ3v) is 3.33. The Morgan fingerprint density at radius 2 is 1.92 bits per heavy atom. The molecule has 1 heterocycles. The molecule has 1 N–H and O–H groups in total. The van der Waals surface area contributed by atoms with Gasteiger partial charge in [-0.15, -0.1) is 0 Å². The topological polar surface area (TPSA) is 84.3 Å². The molecule has 7 nitrogen and oxygen atoms in total. The van der Waals surface area contributed by atoms with Gasteiger partial charge in [-0.2, -0.15) is 5.10 Å². The van der Waals surface area contributed by atoms with Crippen LogP contribution in [0.3, 0.4) is 0 Å². The van der Waals surface area contributed by atoms with E-state index in [9.17, 15) is 14.4 Å². The van der Waals surface area contributed by atoms with E-state index in [0.717, 1.165) is 12.8 Å². The molecule has 0 radical (unpaired) electrons. The number of carbonyl (C=O) groups is 2. The maximum atomic E-state index is 12.6. The molecule has 0 bridgehead atoms. The lowest BCUT2D eigenvalue weighted by atomic mass is 10.1. The van der Waals surface area contributed by atoms with E-state index in [1.54, 1.807) is 6.92 Å². The van der Waals surface area contributed by atoms with Gasteiger partial charge in [-0.1, -0.05) is 13.3 Å². The molecule has 2 amide bonds. The minimum absolute atomic E-state index is 0.0393. The number of amides is 2. The summed E-state index contributed by atoms with van der Waals surface area (Å²) in [5.41, 5.74) is -0.407. The first kappa shape index (κ1) is 19.9. The van der Waals surface area contributed by atoms with E-state index in [4.69, 9.17) is 0 Å². The van der Waals surface area contributed by atoms with Crippen molar-refractivity contribution >= 4 is 11.8 Å². The van der Waals surface area contributed by atoms with Crippen molar-refractivity contribution in [3.05, 3.63) is 28.2 Å². The fraction of sp³-hybridized carbons (Fsp3) is 0.647. The highest BCUT2D eigenvalue weighted by atomic mass is 16.2. The number of unbranched alkanes of at least 4 members (excludes halogenated alkanes) is 1. The normalized spacial score (nSPS) is 11.2. The van der Waals surface area contributed by atoms with Gasteiger partial charge in [-0.3, -0.25) is 14.4 Å². The van der Waals surface area contributed by atoms with Crippen LogP contribution in [0.2, 0.25) is 0 Å². The van der Waals surface area contributed by atoms with Gasteiger partial charge < -0.3 is 10.2 Å². The van der Waals surface area contributed by atoms with Crippen LogP contribution in [-0.2, 0) is 11.3 Å². The van der Waals surface area contributed by atoms with E-state index in [1.807, 2.05) is 27.7 Å². The van der Waals surface area contributed by atoms with Gasteiger partial charge in [0.05, 0.1) is 6.54 Å². The van der Waals surface area contributed by atoms with Crippen molar-refractivity contribution in [2.24, 2.45) is 0 Å². The second-order valence-electron chi connectivity index (χ2n) is 6.75. The molecule has 0 aliphatic rings. The minimum atomic E-state index is -0.356. The van der Waals surface area contributed by atoms with Crippen LogP contribution in [0.1, 0.15) is 57.9 Å². The first-order chi connectivity index (χ1) is 11.2. The molecule has 0 aliphatic carbocycles. The van der Waals surface area contributed by atoms with E-state index >= 15 is 0 Å². The summed E-state index contributed by atoms with van der Waals surface area (Å²) in [5, 5.41) is 6.97. The molecule has 0 atom stereocenters. The van der Waals surface area contributed by atoms with Gasteiger partial charge >= 0.3 is 0 Å². The number of aryl methyl sites for hydroxylation is 1. The molecular weight excluding hydrogens is 308 g/mol. The molecule has 134 valence electrons. The summed E-state index contributed by atoms with van der Waals surface area (Å²) in [6, 6.07) is 2.76. The third kappa shape index (κ3) is 6.14. The van der Waals surface area contributed by atoms with Crippen molar-refractivity contribution in [3.63, 3.8) is 0 Å². The molecule has 24 heavy (non-hydrogen) atoms. The third-order valence-electron chi connectivity index (χ3n) is 3.33. The monoisotopic (exact) mass is 336 g/mol. The van der Waals surface area contributed by atoms with Gasteiger partial charge in [0.15, 0.2) is 0 Å². The molecule has 0 aliphatic heterocycles. The second-order valence-corrected chi connectivity index (χ2v) is 6.75. The predicted octanol–water partition coefficient (Wildman–Crippen LogP) is 1.42. The Morgan fingerprint density at radius 1 is 1.25 bits per heavy atom. The highest BCUT2D eigenvalue weighted by Gasteiger charge is 2.21. The Hall–Kier alpha value is -2.18. The Kier molecular flexibility index (Phi) is 7.13. The van der Waals surface area contributed by atoms with Crippen LogP contribution in [-0.4, -0.2) is 45.1 Å². The van der Waals surface area contributed by atoms with Gasteiger partial charge in [0, 0.05) is 24.7 Å². The van der Waals surface area contributed by atoms with E-state index in [1.165, 1.54) is 21.7 Å². The molecule has 1 aromatic rings. The molecule has 7 heteroatoms. The van der Waals surface area contributed by atoms with Gasteiger partial charge in [0.2, 0.25) is 5.91 Å². The summed E-state index contributed by atoms with van der Waals surface area (Å²) in [6.07, 6.45) is 1.75. The minimum Gasteiger partial charge on any atom is -0.350 e. The smallest absolute Gasteiger partial charge is 0.274 e. The summed E-state index contributed by atoms with van der Waals surface area (Å²) < 4.78 is 1.31. The molecule has 0 saturated heterocycles. The van der Waals surface area contributed by atoms with Crippen molar-refractivity contribution in [2.75, 3.05) is 13.1 Å². The zero-order chi connectivity index (χ0) is 18.3. The quantitative estimate of drug-likeness (QED) is 0.816. The molecule has 0 saturated carbocycles. The van der Waals surface area contributed by atoms with Crippen LogP contribution >= 0.6 is 0 Å². The number of hydrogen-bond acceptors (Lipinski definition) is 4. The molecule has 0 fully saturated rings. The van der Waals surface area contributed by atoms with Crippen molar-refractivity contribution in [3.8, 4) is 0 Å². The van der Waals surface area contributed by atoms with Gasteiger partial charge in [0.1, 0.15) is 5.69 Å². The van der Waals surface area contributed by atoms with Crippen molar-refractivity contribution in [2.45, 2.75) is 59.5 Å². The van der Waals surface area contributed by atoms with Crippen LogP contribution < -0.4 is 10.9 Å². The largest absolute Gasteiger partial charge is 0.350 e. The fourth-order valence-corrected chi connectivity index (χ4v) is 2.15. The number of nitrogens with zero attached hydrogens (tertiary/aromatic N) is 3. The lowest BCUT2D eigenvalue weighted by Crippen LogP contribution is -2.47. The first-order valence-corrected chi connectivity index (χ1v) is 8.36. The predicted molar refractivity (Wildman–Crippen MR) is 92.9 cm³/mol. The average Bonchev–Trinajstić information content (AvgIpc) is 2.49. The number of hydrogen-bond donors (Lipinski definition) is 1. The van der Waals surface area contributed by atoms with Crippen molar-refractivity contribution in [1.29, 1.82) is 0 Å². The molecule has 0 unspecified atom stereocenters. The molecule has 0 spiro atoms.